The van der Waals surface area contributed by atoms with Crippen LogP contribution in [0.2, 0.25) is 0 Å². The molecule has 0 aromatic rings. The zero-order valence-electron chi connectivity index (χ0n) is 4.58. The molecule has 3 heteroatoms. The van der Waals surface area contributed by atoms with Crippen LogP contribution >= 0.6 is 0 Å². The summed E-state index contributed by atoms with van der Waals surface area (Å²) in [6.45, 7) is 3.25. The van der Waals surface area contributed by atoms with Gasteiger partial charge in [-0.05, 0) is 0 Å². The van der Waals surface area contributed by atoms with Gasteiger partial charge in [0.1, 0.15) is 0 Å². The second-order valence-corrected chi connectivity index (χ2v) is 1.26. The molecule has 0 radical (unpaired) electrons. The average molecular weight is 118 g/mol. The van der Waals surface area contributed by atoms with E-state index in [0.717, 1.165) is 0 Å². The smallest absolute Gasteiger partial charge is 0.178 e. The molecule has 1 unspecified atom stereocenters. The van der Waals surface area contributed by atoms with Crippen molar-refractivity contribution in [2.45, 2.75) is 6.29 Å². The fraction of sp³-hybridized carbons (Fsp3) is 0.600. The largest absolute Gasteiger partial charge is 0.391 e. The molecule has 0 aliphatic rings. The van der Waals surface area contributed by atoms with Crippen LogP contribution in [0, 0.1) is 0 Å². The van der Waals surface area contributed by atoms with Crippen LogP contribution in [0.5, 0.6) is 0 Å². The summed E-state index contributed by atoms with van der Waals surface area (Å²) < 4.78 is 4.53. The van der Waals surface area contributed by atoms with Crippen molar-refractivity contribution in [3.8, 4) is 0 Å². The highest BCUT2D eigenvalue weighted by Gasteiger charge is 1.96. The highest BCUT2D eigenvalue weighted by Crippen LogP contribution is 1.82. The fourth-order valence-corrected chi connectivity index (χ4v) is 0.232. The van der Waals surface area contributed by atoms with Gasteiger partial charge in [0.15, 0.2) is 6.29 Å². The summed E-state index contributed by atoms with van der Waals surface area (Å²) in [5.41, 5.74) is 0. The van der Waals surface area contributed by atoms with E-state index in [9.17, 15) is 0 Å². The Labute approximate surface area is 48.2 Å². The maximum Gasteiger partial charge on any atom is 0.178 e. The van der Waals surface area contributed by atoms with Crippen molar-refractivity contribution >= 4 is 0 Å². The molecule has 1 atom stereocenters. The van der Waals surface area contributed by atoms with Crippen LogP contribution < -0.4 is 0 Å². The zero-order chi connectivity index (χ0) is 6.41. The van der Waals surface area contributed by atoms with Gasteiger partial charge in [-0.25, -0.2) is 0 Å². The van der Waals surface area contributed by atoms with Crippen LogP contribution in [0.25, 0.3) is 0 Å². The minimum atomic E-state index is -1.06. The van der Waals surface area contributed by atoms with Crippen LogP contribution in [0.1, 0.15) is 0 Å². The highest BCUT2D eigenvalue weighted by atomic mass is 16.6. The van der Waals surface area contributed by atoms with Gasteiger partial charge >= 0.3 is 0 Å². The van der Waals surface area contributed by atoms with Gasteiger partial charge in [-0.3, -0.25) is 0 Å². The summed E-state index contributed by atoms with van der Waals surface area (Å²) in [4.78, 5) is 0. The summed E-state index contributed by atoms with van der Waals surface area (Å²) in [6, 6.07) is 0. The van der Waals surface area contributed by atoms with Gasteiger partial charge in [-0.1, -0.05) is 6.08 Å². The van der Waals surface area contributed by atoms with E-state index in [1.165, 1.54) is 6.08 Å². The first-order chi connectivity index (χ1) is 3.81. The van der Waals surface area contributed by atoms with Crippen molar-refractivity contribution in [3.05, 3.63) is 12.7 Å². The third-order valence-electron chi connectivity index (χ3n) is 0.563. The second-order valence-electron chi connectivity index (χ2n) is 1.26. The van der Waals surface area contributed by atoms with E-state index in [2.05, 4.69) is 11.3 Å². The predicted molar refractivity (Wildman–Crippen MR) is 29.2 cm³/mol. The lowest BCUT2D eigenvalue weighted by atomic mass is 10.6. The molecule has 48 valence electrons. The van der Waals surface area contributed by atoms with E-state index in [4.69, 9.17) is 10.2 Å². The lowest BCUT2D eigenvalue weighted by molar-refractivity contribution is -0.115. The predicted octanol–water partition coefficient (Wildman–Crippen LogP) is -0.500. The van der Waals surface area contributed by atoms with Gasteiger partial charge in [-0.15, -0.1) is 6.58 Å². The Hall–Kier alpha value is -0.380. The quantitative estimate of drug-likeness (QED) is 0.386. The first kappa shape index (κ1) is 7.62. The molecule has 0 aromatic heterocycles. The lowest BCUT2D eigenvalue weighted by Gasteiger charge is -2.04. The number of aliphatic hydroxyl groups is 2. The van der Waals surface area contributed by atoms with Crippen molar-refractivity contribution in [1.29, 1.82) is 0 Å². The van der Waals surface area contributed by atoms with Crippen molar-refractivity contribution in [2.24, 2.45) is 0 Å². The Morgan fingerprint density at radius 3 is 2.75 bits per heavy atom. The van der Waals surface area contributed by atoms with Crippen molar-refractivity contribution in [2.75, 3.05) is 13.2 Å². The third-order valence-corrected chi connectivity index (χ3v) is 0.563. The average Bonchev–Trinajstić information content (AvgIpc) is 1.83. The van der Waals surface area contributed by atoms with Gasteiger partial charge in [0.25, 0.3) is 0 Å². The summed E-state index contributed by atoms with van der Waals surface area (Å²) in [7, 11) is 0. The molecular weight excluding hydrogens is 108 g/mol. The monoisotopic (exact) mass is 118 g/mol. The SMILES string of the molecule is C=CCOC(O)CO. The van der Waals surface area contributed by atoms with Crippen LogP contribution in [0.3, 0.4) is 0 Å². The van der Waals surface area contributed by atoms with E-state index in [1.807, 2.05) is 0 Å². The van der Waals surface area contributed by atoms with E-state index in [-0.39, 0.29) is 13.2 Å². The number of hydrogen-bond donors (Lipinski definition) is 2. The molecule has 0 spiro atoms. The zero-order valence-corrected chi connectivity index (χ0v) is 4.58. The molecule has 0 amide bonds. The summed E-state index contributed by atoms with van der Waals surface area (Å²) in [5.74, 6) is 0. The Morgan fingerprint density at radius 2 is 2.38 bits per heavy atom. The number of aliphatic hydroxyl groups excluding tert-OH is 2. The normalized spacial score (nSPS) is 13.2. The molecule has 0 fully saturated rings. The Kier molecular flexibility index (Phi) is 4.54. The van der Waals surface area contributed by atoms with Gasteiger partial charge in [0.2, 0.25) is 0 Å². The first-order valence-corrected chi connectivity index (χ1v) is 2.32. The fourth-order valence-electron chi connectivity index (χ4n) is 0.232. The number of ether oxygens (including phenoxy) is 1. The standard InChI is InChI=1S/C5H10O3/c1-2-3-8-5(7)4-6/h2,5-7H,1,3-4H2. The Morgan fingerprint density at radius 1 is 1.75 bits per heavy atom. The minimum absolute atomic E-state index is 0.266. The minimum Gasteiger partial charge on any atom is -0.391 e. The summed E-state index contributed by atoms with van der Waals surface area (Å²) in [6.07, 6.45) is 0.437. The van der Waals surface area contributed by atoms with Gasteiger partial charge < -0.3 is 14.9 Å². The van der Waals surface area contributed by atoms with E-state index in [1.54, 1.807) is 0 Å². The van der Waals surface area contributed by atoms with Gasteiger partial charge in [-0.2, -0.15) is 0 Å². The molecule has 0 saturated carbocycles. The van der Waals surface area contributed by atoms with Crippen molar-refractivity contribution < 1.29 is 14.9 Å². The molecular formula is C5H10O3. The molecule has 8 heavy (non-hydrogen) atoms. The number of hydrogen-bond acceptors (Lipinski definition) is 3. The van der Waals surface area contributed by atoms with E-state index in [0.29, 0.717) is 0 Å². The Bertz CT molecular complexity index is 62.7. The van der Waals surface area contributed by atoms with Crippen LogP contribution in [-0.2, 0) is 4.74 Å². The van der Waals surface area contributed by atoms with Crippen LogP contribution in [0.15, 0.2) is 12.7 Å². The van der Waals surface area contributed by atoms with Gasteiger partial charge in [0, 0.05) is 0 Å². The first-order valence-electron chi connectivity index (χ1n) is 2.32. The van der Waals surface area contributed by atoms with Crippen molar-refractivity contribution in [3.63, 3.8) is 0 Å². The number of rotatable bonds is 4. The molecule has 0 aliphatic carbocycles. The molecule has 3 nitrogen and oxygen atoms in total. The molecule has 0 bridgehead atoms. The van der Waals surface area contributed by atoms with Crippen LogP contribution in [0.4, 0.5) is 0 Å². The topological polar surface area (TPSA) is 49.7 Å². The molecule has 2 N–H and O–H groups in total. The lowest BCUT2D eigenvalue weighted by Crippen LogP contribution is -2.16. The molecule has 0 rings (SSSR count). The van der Waals surface area contributed by atoms with E-state index < -0.39 is 6.29 Å². The molecule has 0 aliphatic heterocycles. The van der Waals surface area contributed by atoms with E-state index >= 15 is 0 Å². The van der Waals surface area contributed by atoms with Crippen molar-refractivity contribution in [1.82, 2.24) is 0 Å². The summed E-state index contributed by atoms with van der Waals surface area (Å²) >= 11 is 0. The van der Waals surface area contributed by atoms with Crippen LogP contribution in [-0.4, -0.2) is 29.7 Å². The van der Waals surface area contributed by atoms with Gasteiger partial charge in [0.05, 0.1) is 13.2 Å². The Balaban J connectivity index is 2.97. The maximum absolute atomic E-state index is 8.47. The molecule has 0 heterocycles. The third kappa shape index (κ3) is 3.80. The maximum atomic E-state index is 8.47. The highest BCUT2D eigenvalue weighted by molar-refractivity contribution is 4.63. The molecule has 0 aromatic carbocycles. The molecule has 0 saturated heterocycles. The second kappa shape index (κ2) is 4.77. The summed E-state index contributed by atoms with van der Waals surface area (Å²) in [5, 5.41) is 16.6.